The first-order chi connectivity index (χ1) is 5.24. The molecule has 0 aromatic heterocycles. The summed E-state index contributed by atoms with van der Waals surface area (Å²) in [6.45, 7) is 0.714. The van der Waals surface area contributed by atoms with Crippen LogP contribution in [0.1, 0.15) is 12.8 Å². The van der Waals surface area contributed by atoms with Crippen molar-refractivity contribution in [2.75, 3.05) is 6.54 Å². The Morgan fingerprint density at radius 1 is 1.73 bits per heavy atom. The Kier molecular flexibility index (Phi) is 2.44. The van der Waals surface area contributed by atoms with E-state index in [-0.39, 0.29) is 17.9 Å². The monoisotopic (exact) mass is 153 g/mol. The lowest BCUT2D eigenvalue weighted by atomic mass is 9.94. The van der Waals surface area contributed by atoms with Gasteiger partial charge < -0.3 is 11.1 Å². The highest BCUT2D eigenvalue weighted by Gasteiger charge is 2.24. The molecule has 0 aromatic carbocycles. The zero-order valence-corrected chi connectivity index (χ0v) is 6.21. The van der Waals surface area contributed by atoms with E-state index in [0.717, 1.165) is 6.42 Å². The average Bonchev–Trinajstić information content (AvgIpc) is 2.05. The molecule has 2 atom stereocenters. The summed E-state index contributed by atoms with van der Waals surface area (Å²) in [5, 5.41) is 11.5. The number of hydrogen-bond donors (Lipinski definition) is 2. The number of carbonyl (C=O) groups excluding carboxylic acids is 1. The predicted octanol–water partition coefficient (Wildman–Crippen LogP) is -0.637. The van der Waals surface area contributed by atoms with Gasteiger partial charge >= 0.3 is 0 Å². The van der Waals surface area contributed by atoms with Gasteiger partial charge in [0, 0.05) is 5.92 Å². The maximum Gasteiger partial charge on any atom is 0.234 e. The molecule has 1 saturated heterocycles. The standard InChI is InChI=1S/C7H11N3O/c8-4-5-1-2-10-6(3-5)7(9)11/h5-6,10H,1-3H2,(H2,9,11). The number of rotatable bonds is 1. The van der Waals surface area contributed by atoms with Crippen LogP contribution in [-0.2, 0) is 4.79 Å². The first-order valence-electron chi connectivity index (χ1n) is 3.66. The quantitative estimate of drug-likeness (QED) is 0.526. The van der Waals surface area contributed by atoms with E-state index in [1.165, 1.54) is 0 Å². The van der Waals surface area contributed by atoms with Crippen LogP contribution < -0.4 is 11.1 Å². The third-order valence-electron chi connectivity index (χ3n) is 1.93. The largest absolute Gasteiger partial charge is 0.368 e. The highest BCUT2D eigenvalue weighted by Crippen LogP contribution is 2.14. The zero-order valence-electron chi connectivity index (χ0n) is 6.21. The molecule has 3 N–H and O–H groups in total. The fraction of sp³-hybridized carbons (Fsp3) is 0.714. The average molecular weight is 153 g/mol. The van der Waals surface area contributed by atoms with E-state index in [1.54, 1.807) is 0 Å². The third kappa shape index (κ3) is 1.92. The number of hydrogen-bond acceptors (Lipinski definition) is 3. The highest BCUT2D eigenvalue weighted by molar-refractivity contribution is 5.79. The van der Waals surface area contributed by atoms with E-state index in [2.05, 4.69) is 11.4 Å². The summed E-state index contributed by atoms with van der Waals surface area (Å²) in [7, 11) is 0. The highest BCUT2D eigenvalue weighted by atomic mass is 16.1. The third-order valence-corrected chi connectivity index (χ3v) is 1.93. The summed E-state index contributed by atoms with van der Waals surface area (Å²) in [5.41, 5.74) is 5.07. The minimum absolute atomic E-state index is 0.00579. The number of primary amides is 1. The van der Waals surface area contributed by atoms with Gasteiger partial charge in [-0.05, 0) is 19.4 Å². The van der Waals surface area contributed by atoms with Crippen molar-refractivity contribution < 1.29 is 4.79 Å². The van der Waals surface area contributed by atoms with E-state index in [1.807, 2.05) is 0 Å². The summed E-state index contributed by atoms with van der Waals surface area (Å²) in [6.07, 6.45) is 1.38. The molecule has 1 aliphatic rings. The minimum atomic E-state index is -0.357. The number of carbonyl (C=O) groups is 1. The van der Waals surface area contributed by atoms with Crippen LogP contribution in [-0.4, -0.2) is 18.5 Å². The Balaban J connectivity index is 2.47. The van der Waals surface area contributed by atoms with E-state index >= 15 is 0 Å². The zero-order chi connectivity index (χ0) is 8.27. The van der Waals surface area contributed by atoms with Crippen LogP contribution in [0, 0.1) is 17.2 Å². The molecule has 2 unspecified atom stereocenters. The van der Waals surface area contributed by atoms with Crippen LogP contribution in [0.15, 0.2) is 0 Å². The van der Waals surface area contributed by atoms with E-state index < -0.39 is 0 Å². The second-order valence-electron chi connectivity index (χ2n) is 2.76. The molecule has 60 valence electrons. The summed E-state index contributed by atoms with van der Waals surface area (Å²) in [5.74, 6) is -0.362. The van der Waals surface area contributed by atoms with Gasteiger partial charge in [0.1, 0.15) is 0 Å². The van der Waals surface area contributed by atoms with Gasteiger partial charge in [-0.2, -0.15) is 5.26 Å². The Morgan fingerprint density at radius 2 is 2.45 bits per heavy atom. The smallest absolute Gasteiger partial charge is 0.234 e. The summed E-state index contributed by atoms with van der Waals surface area (Å²) < 4.78 is 0. The van der Waals surface area contributed by atoms with E-state index in [0.29, 0.717) is 13.0 Å². The van der Waals surface area contributed by atoms with E-state index in [9.17, 15) is 4.79 Å². The Bertz CT molecular complexity index is 196. The van der Waals surface area contributed by atoms with Crippen molar-refractivity contribution in [2.45, 2.75) is 18.9 Å². The lowest BCUT2D eigenvalue weighted by Gasteiger charge is -2.23. The van der Waals surface area contributed by atoms with Gasteiger partial charge in [-0.1, -0.05) is 0 Å². The molecule has 0 aliphatic carbocycles. The number of nitrogens with two attached hydrogens (primary N) is 1. The molecule has 4 nitrogen and oxygen atoms in total. The molecule has 0 bridgehead atoms. The van der Waals surface area contributed by atoms with Crippen molar-refractivity contribution in [3.8, 4) is 6.07 Å². The normalized spacial score (nSPS) is 30.8. The Morgan fingerprint density at radius 3 is 3.00 bits per heavy atom. The first-order valence-corrected chi connectivity index (χ1v) is 3.66. The molecule has 1 aliphatic heterocycles. The predicted molar refractivity (Wildman–Crippen MR) is 39.3 cm³/mol. The topological polar surface area (TPSA) is 78.9 Å². The Hall–Kier alpha value is -1.08. The van der Waals surface area contributed by atoms with Gasteiger partial charge in [0.05, 0.1) is 12.1 Å². The number of piperidine rings is 1. The molecular weight excluding hydrogens is 142 g/mol. The van der Waals surface area contributed by atoms with Gasteiger partial charge in [0.25, 0.3) is 0 Å². The lowest BCUT2D eigenvalue weighted by Crippen LogP contribution is -2.46. The van der Waals surface area contributed by atoms with Crippen molar-refractivity contribution in [2.24, 2.45) is 11.7 Å². The van der Waals surface area contributed by atoms with Crippen molar-refractivity contribution in [1.82, 2.24) is 5.32 Å². The van der Waals surface area contributed by atoms with Gasteiger partial charge in [-0.3, -0.25) is 4.79 Å². The van der Waals surface area contributed by atoms with Crippen LogP contribution in [0.3, 0.4) is 0 Å². The van der Waals surface area contributed by atoms with Gasteiger partial charge in [-0.25, -0.2) is 0 Å². The molecule has 1 amide bonds. The number of nitrogens with one attached hydrogen (secondary N) is 1. The van der Waals surface area contributed by atoms with Crippen LogP contribution >= 0.6 is 0 Å². The molecule has 0 spiro atoms. The molecule has 1 heterocycles. The van der Waals surface area contributed by atoms with Crippen LogP contribution in [0.2, 0.25) is 0 Å². The molecule has 1 fully saturated rings. The summed E-state index contributed by atoms with van der Waals surface area (Å²) in [6, 6.07) is 1.84. The SMILES string of the molecule is N#CC1CCNC(C(N)=O)C1. The van der Waals surface area contributed by atoms with Crippen LogP contribution in [0.25, 0.3) is 0 Å². The summed E-state index contributed by atoms with van der Waals surface area (Å²) in [4.78, 5) is 10.7. The number of amides is 1. The number of nitrogens with zero attached hydrogens (tertiary/aromatic N) is 1. The molecule has 4 heteroatoms. The molecule has 0 saturated carbocycles. The van der Waals surface area contributed by atoms with Crippen molar-refractivity contribution in [3.05, 3.63) is 0 Å². The minimum Gasteiger partial charge on any atom is -0.368 e. The molecule has 1 rings (SSSR count). The molecule has 0 aromatic rings. The Labute approximate surface area is 65.4 Å². The van der Waals surface area contributed by atoms with Crippen LogP contribution in [0.5, 0.6) is 0 Å². The van der Waals surface area contributed by atoms with Crippen molar-refractivity contribution in [3.63, 3.8) is 0 Å². The van der Waals surface area contributed by atoms with E-state index in [4.69, 9.17) is 11.0 Å². The first kappa shape index (κ1) is 8.02. The fourth-order valence-electron chi connectivity index (χ4n) is 1.25. The van der Waals surface area contributed by atoms with Crippen LogP contribution in [0.4, 0.5) is 0 Å². The number of nitriles is 1. The molecular formula is C7H11N3O. The van der Waals surface area contributed by atoms with Crippen molar-refractivity contribution >= 4 is 5.91 Å². The molecule has 11 heavy (non-hydrogen) atoms. The maximum absolute atomic E-state index is 10.7. The van der Waals surface area contributed by atoms with Gasteiger partial charge in [0.2, 0.25) is 5.91 Å². The second-order valence-corrected chi connectivity index (χ2v) is 2.76. The maximum atomic E-state index is 10.7. The second kappa shape index (κ2) is 3.35. The van der Waals surface area contributed by atoms with Gasteiger partial charge in [-0.15, -0.1) is 0 Å². The molecule has 0 radical (unpaired) electrons. The lowest BCUT2D eigenvalue weighted by molar-refractivity contribution is -0.120. The van der Waals surface area contributed by atoms with Gasteiger partial charge in [0.15, 0.2) is 0 Å². The van der Waals surface area contributed by atoms with Crippen molar-refractivity contribution in [1.29, 1.82) is 5.26 Å². The fourth-order valence-corrected chi connectivity index (χ4v) is 1.25. The summed E-state index contributed by atoms with van der Waals surface area (Å²) >= 11 is 0.